The number of nitrogens with one attached hydrogen (secondary N) is 1. The number of nitrogens with zero attached hydrogens (tertiary/aromatic N) is 6. The van der Waals surface area contributed by atoms with Gasteiger partial charge in [-0.3, -0.25) is 10.1 Å². The number of carbonyl (C=O) groups excluding carboxylic acids is 1. The van der Waals surface area contributed by atoms with Gasteiger partial charge in [0.25, 0.3) is 5.91 Å². The summed E-state index contributed by atoms with van der Waals surface area (Å²) in [5.41, 5.74) is 3.22. The van der Waals surface area contributed by atoms with Crippen molar-refractivity contribution in [1.82, 2.24) is 24.8 Å². The molecule has 0 aliphatic heterocycles. The fourth-order valence-corrected chi connectivity index (χ4v) is 4.26. The largest absolute Gasteiger partial charge is 0.296 e. The molecule has 4 rings (SSSR count). The summed E-state index contributed by atoms with van der Waals surface area (Å²) in [6.07, 6.45) is 3.37. The average Bonchev–Trinajstić information content (AvgIpc) is 3.29. The molecule has 3 aromatic heterocycles. The standard InChI is InChI=1S/C18H13N7OS2/c1-11-14(15-20-7-2-8-25(15)24-11)16(26)21-17-22-23-18(28-17)27-10-13-5-3-12(9-19)4-6-13/h2-8H,10H2,1H3,(H,21,22,26). The molecule has 0 atom stereocenters. The van der Waals surface area contributed by atoms with Crippen molar-refractivity contribution in [1.29, 1.82) is 5.26 Å². The minimum Gasteiger partial charge on any atom is -0.296 e. The second kappa shape index (κ2) is 7.75. The number of anilines is 1. The summed E-state index contributed by atoms with van der Waals surface area (Å²) in [6.45, 7) is 1.77. The van der Waals surface area contributed by atoms with Crippen molar-refractivity contribution in [3.63, 3.8) is 0 Å². The predicted octanol–water partition coefficient (Wildman–Crippen LogP) is 3.31. The first kappa shape index (κ1) is 18.1. The van der Waals surface area contributed by atoms with Crippen molar-refractivity contribution < 1.29 is 4.79 Å². The number of nitriles is 1. The van der Waals surface area contributed by atoms with Gasteiger partial charge in [0.15, 0.2) is 9.99 Å². The highest BCUT2D eigenvalue weighted by Gasteiger charge is 2.19. The van der Waals surface area contributed by atoms with Crippen LogP contribution in [0.1, 0.15) is 27.2 Å². The normalized spacial score (nSPS) is 10.7. The molecule has 0 aliphatic carbocycles. The van der Waals surface area contributed by atoms with Crippen LogP contribution < -0.4 is 5.32 Å². The summed E-state index contributed by atoms with van der Waals surface area (Å²) in [6, 6.07) is 11.2. The van der Waals surface area contributed by atoms with Crippen LogP contribution in [-0.2, 0) is 5.75 Å². The first-order valence-corrected chi connectivity index (χ1v) is 10.0. The van der Waals surface area contributed by atoms with Crippen molar-refractivity contribution in [2.45, 2.75) is 17.0 Å². The van der Waals surface area contributed by atoms with Crippen molar-refractivity contribution in [2.75, 3.05) is 5.32 Å². The minimum atomic E-state index is -0.314. The molecule has 4 aromatic rings. The molecule has 1 aromatic carbocycles. The SMILES string of the molecule is Cc1nn2cccnc2c1C(=O)Nc1nnc(SCc2ccc(C#N)cc2)s1. The summed E-state index contributed by atoms with van der Waals surface area (Å²) in [7, 11) is 0. The second-order valence-electron chi connectivity index (χ2n) is 5.77. The third-order valence-electron chi connectivity index (χ3n) is 3.87. The van der Waals surface area contributed by atoms with Crippen molar-refractivity contribution in [3.05, 3.63) is 65.1 Å². The van der Waals surface area contributed by atoms with Crippen LogP contribution in [0.15, 0.2) is 47.1 Å². The molecule has 138 valence electrons. The topological polar surface area (TPSA) is 109 Å². The van der Waals surface area contributed by atoms with Crippen molar-refractivity contribution >= 4 is 39.8 Å². The minimum absolute atomic E-state index is 0.314. The molecule has 0 spiro atoms. The Morgan fingerprint density at radius 3 is 2.93 bits per heavy atom. The van der Waals surface area contributed by atoms with Crippen LogP contribution in [0.25, 0.3) is 5.65 Å². The highest BCUT2D eigenvalue weighted by Crippen LogP contribution is 2.29. The summed E-state index contributed by atoms with van der Waals surface area (Å²) < 4.78 is 2.32. The zero-order valence-corrected chi connectivity index (χ0v) is 16.3. The Morgan fingerprint density at radius 2 is 2.14 bits per heavy atom. The van der Waals surface area contributed by atoms with E-state index in [0.29, 0.717) is 33.4 Å². The molecule has 0 radical (unpaired) electrons. The molecular weight excluding hydrogens is 394 g/mol. The van der Waals surface area contributed by atoms with Crippen molar-refractivity contribution in [2.24, 2.45) is 0 Å². The van der Waals surface area contributed by atoms with Crippen LogP contribution in [0.5, 0.6) is 0 Å². The number of carbonyl (C=O) groups is 1. The monoisotopic (exact) mass is 407 g/mol. The van der Waals surface area contributed by atoms with E-state index in [4.69, 9.17) is 5.26 Å². The smallest absolute Gasteiger partial charge is 0.263 e. The second-order valence-corrected chi connectivity index (χ2v) is 7.97. The maximum absolute atomic E-state index is 12.7. The maximum Gasteiger partial charge on any atom is 0.263 e. The van der Waals surface area contributed by atoms with Crippen LogP contribution >= 0.6 is 23.1 Å². The van der Waals surface area contributed by atoms with Crippen LogP contribution in [0.4, 0.5) is 5.13 Å². The van der Waals surface area contributed by atoms with Crippen LogP contribution in [0.2, 0.25) is 0 Å². The number of aryl methyl sites for hydroxylation is 1. The Kier molecular flexibility index (Phi) is 5.01. The number of hydrogen-bond acceptors (Lipinski definition) is 8. The molecule has 1 N–H and O–H groups in total. The number of aromatic nitrogens is 5. The van der Waals surface area contributed by atoms with E-state index in [1.54, 1.807) is 42.0 Å². The Balaban J connectivity index is 1.43. The van der Waals surface area contributed by atoms with E-state index in [1.165, 1.54) is 23.1 Å². The van der Waals surface area contributed by atoms with Gasteiger partial charge in [0.2, 0.25) is 5.13 Å². The van der Waals surface area contributed by atoms with Crippen LogP contribution in [-0.4, -0.2) is 30.7 Å². The molecule has 10 heteroatoms. The number of thioether (sulfide) groups is 1. The van der Waals surface area contributed by atoms with Gasteiger partial charge < -0.3 is 0 Å². The number of rotatable bonds is 5. The zero-order chi connectivity index (χ0) is 19.5. The van der Waals surface area contributed by atoms with E-state index in [1.807, 2.05) is 12.1 Å². The van der Waals surface area contributed by atoms with Crippen molar-refractivity contribution in [3.8, 4) is 6.07 Å². The van der Waals surface area contributed by atoms with Gasteiger partial charge in [-0.05, 0) is 30.7 Å². The molecular formula is C18H13N7OS2. The lowest BCUT2D eigenvalue weighted by atomic mass is 10.2. The van der Waals surface area contributed by atoms with Gasteiger partial charge in [0.1, 0.15) is 5.56 Å². The van der Waals surface area contributed by atoms with Gasteiger partial charge in [0.05, 0.1) is 17.3 Å². The van der Waals surface area contributed by atoms with E-state index in [0.717, 1.165) is 9.90 Å². The van der Waals surface area contributed by atoms with E-state index in [-0.39, 0.29) is 5.91 Å². The van der Waals surface area contributed by atoms with Gasteiger partial charge >= 0.3 is 0 Å². The summed E-state index contributed by atoms with van der Waals surface area (Å²) in [5, 5.41) is 24.5. The van der Waals surface area contributed by atoms with E-state index >= 15 is 0 Å². The maximum atomic E-state index is 12.7. The zero-order valence-electron chi connectivity index (χ0n) is 14.7. The number of fused-ring (bicyclic) bond motifs is 1. The third kappa shape index (κ3) is 3.71. The van der Waals surface area contributed by atoms with Gasteiger partial charge in [0, 0.05) is 18.1 Å². The molecule has 0 aliphatic rings. The molecule has 0 saturated carbocycles. The van der Waals surface area contributed by atoms with Gasteiger partial charge in [-0.25, -0.2) is 9.50 Å². The van der Waals surface area contributed by atoms with E-state index in [2.05, 4.69) is 31.7 Å². The highest BCUT2D eigenvalue weighted by molar-refractivity contribution is 8.00. The molecule has 1 amide bonds. The summed E-state index contributed by atoms with van der Waals surface area (Å²) in [5.74, 6) is 0.386. The first-order valence-electron chi connectivity index (χ1n) is 8.20. The predicted molar refractivity (Wildman–Crippen MR) is 106 cm³/mol. The third-order valence-corrected chi connectivity index (χ3v) is 5.91. The van der Waals surface area contributed by atoms with E-state index in [9.17, 15) is 4.79 Å². The molecule has 0 saturated heterocycles. The Morgan fingerprint density at radius 1 is 1.32 bits per heavy atom. The van der Waals surface area contributed by atoms with Crippen LogP contribution in [0.3, 0.4) is 0 Å². The first-order chi connectivity index (χ1) is 13.6. The lowest BCUT2D eigenvalue weighted by Crippen LogP contribution is -2.13. The average molecular weight is 407 g/mol. The van der Waals surface area contributed by atoms with Gasteiger partial charge in [-0.2, -0.15) is 10.4 Å². The van der Waals surface area contributed by atoms with E-state index < -0.39 is 0 Å². The van der Waals surface area contributed by atoms with Gasteiger partial charge in [-0.15, -0.1) is 10.2 Å². The number of benzene rings is 1. The Labute approximate surface area is 168 Å². The fraction of sp³-hybridized carbons (Fsp3) is 0.111. The molecule has 0 bridgehead atoms. The number of hydrogen-bond donors (Lipinski definition) is 1. The van der Waals surface area contributed by atoms with Gasteiger partial charge in [-0.1, -0.05) is 35.2 Å². The number of amides is 1. The fourth-order valence-electron chi connectivity index (χ4n) is 2.56. The molecule has 0 fully saturated rings. The van der Waals surface area contributed by atoms with Crippen LogP contribution in [0, 0.1) is 18.3 Å². The lowest BCUT2D eigenvalue weighted by molar-refractivity contribution is 0.102. The molecule has 0 unspecified atom stereocenters. The summed E-state index contributed by atoms with van der Waals surface area (Å²) >= 11 is 2.83. The lowest BCUT2D eigenvalue weighted by Gasteiger charge is -2.00. The Hall–Kier alpha value is -3.29. The quantitative estimate of drug-likeness (QED) is 0.399. The highest BCUT2D eigenvalue weighted by atomic mass is 32.2. The summed E-state index contributed by atoms with van der Waals surface area (Å²) in [4.78, 5) is 16.9. The molecule has 28 heavy (non-hydrogen) atoms. The molecule has 8 nitrogen and oxygen atoms in total. The Bertz CT molecular complexity index is 1190. The molecule has 3 heterocycles.